The number of fused-ring (bicyclic) bond motifs is 1. The Morgan fingerprint density at radius 3 is 2.61 bits per heavy atom. The molecule has 1 aromatic heterocycles. The number of carbonyl (C=O) groups is 1. The van der Waals surface area contributed by atoms with E-state index >= 15 is 0 Å². The van der Waals surface area contributed by atoms with Gasteiger partial charge in [-0.1, -0.05) is 30.0 Å². The first-order chi connectivity index (χ1) is 11.1. The molecule has 0 spiro atoms. The summed E-state index contributed by atoms with van der Waals surface area (Å²) in [6, 6.07) is 14.2. The van der Waals surface area contributed by atoms with E-state index in [1.54, 1.807) is 24.3 Å². The van der Waals surface area contributed by atoms with E-state index in [0.717, 1.165) is 16.5 Å². The average Bonchev–Trinajstić information content (AvgIpc) is 2.92. The van der Waals surface area contributed by atoms with Gasteiger partial charge in [0.2, 0.25) is 5.91 Å². The summed E-state index contributed by atoms with van der Waals surface area (Å²) in [5.74, 6) is -2.60. The molecule has 3 rings (SSSR count). The number of anilines is 1. The number of halogens is 2. The zero-order valence-electron chi connectivity index (χ0n) is 12.1. The smallest absolute Gasteiger partial charge is 0.288 e. The number of benzene rings is 2. The maximum Gasteiger partial charge on any atom is 0.288 e. The second kappa shape index (κ2) is 6.83. The SMILES string of the molecule is O=C(Cc1c[nH]c2ccccc12)Nc1ccc(SC(F)F)cc1. The van der Waals surface area contributed by atoms with Gasteiger partial charge in [-0.15, -0.1) is 0 Å². The number of rotatable bonds is 5. The molecule has 6 heteroatoms. The van der Waals surface area contributed by atoms with Crippen LogP contribution in [0.5, 0.6) is 0 Å². The summed E-state index contributed by atoms with van der Waals surface area (Å²) in [6.45, 7) is 0. The van der Waals surface area contributed by atoms with Crippen molar-refractivity contribution >= 4 is 34.3 Å². The fourth-order valence-electron chi connectivity index (χ4n) is 2.38. The van der Waals surface area contributed by atoms with Gasteiger partial charge >= 0.3 is 0 Å². The van der Waals surface area contributed by atoms with Gasteiger partial charge in [-0.3, -0.25) is 4.79 Å². The van der Waals surface area contributed by atoms with E-state index in [-0.39, 0.29) is 12.3 Å². The number of thioether (sulfide) groups is 1. The number of hydrogen-bond acceptors (Lipinski definition) is 2. The second-order valence-electron chi connectivity index (χ2n) is 4.99. The number of H-pyrrole nitrogens is 1. The van der Waals surface area contributed by atoms with Gasteiger partial charge < -0.3 is 10.3 Å². The van der Waals surface area contributed by atoms with Crippen molar-refractivity contribution in [2.45, 2.75) is 17.1 Å². The number of para-hydroxylation sites is 1. The standard InChI is InChI=1S/C17H14F2N2OS/c18-17(19)23-13-7-5-12(6-8-13)21-16(22)9-11-10-20-15-4-2-1-3-14(11)15/h1-8,10,17,20H,9H2,(H,21,22). The Kier molecular flexibility index (Phi) is 4.62. The van der Waals surface area contributed by atoms with Crippen LogP contribution in [0.15, 0.2) is 59.6 Å². The zero-order chi connectivity index (χ0) is 16.2. The van der Waals surface area contributed by atoms with Gasteiger partial charge in [0.05, 0.1) is 6.42 Å². The van der Waals surface area contributed by atoms with Crippen LogP contribution in [0, 0.1) is 0 Å². The van der Waals surface area contributed by atoms with Gasteiger partial charge in [-0.25, -0.2) is 0 Å². The number of aromatic nitrogens is 1. The monoisotopic (exact) mass is 332 g/mol. The van der Waals surface area contributed by atoms with Gasteiger partial charge in [-0.05, 0) is 35.9 Å². The lowest BCUT2D eigenvalue weighted by molar-refractivity contribution is -0.115. The minimum atomic E-state index is -2.45. The molecule has 0 aliphatic rings. The van der Waals surface area contributed by atoms with Crippen LogP contribution in [-0.2, 0) is 11.2 Å². The van der Waals surface area contributed by atoms with Crippen LogP contribution in [0.2, 0.25) is 0 Å². The fraction of sp³-hybridized carbons (Fsp3) is 0.118. The molecule has 2 aromatic carbocycles. The molecule has 0 saturated carbocycles. The van der Waals surface area contributed by atoms with Crippen molar-refractivity contribution in [1.29, 1.82) is 0 Å². The number of aromatic amines is 1. The fourth-order valence-corrected chi connectivity index (χ4v) is 2.87. The lowest BCUT2D eigenvalue weighted by atomic mass is 10.1. The van der Waals surface area contributed by atoms with Crippen molar-refractivity contribution in [2.75, 3.05) is 5.32 Å². The van der Waals surface area contributed by atoms with E-state index in [1.165, 1.54) is 0 Å². The maximum atomic E-state index is 12.3. The minimum absolute atomic E-state index is 0.149. The molecule has 0 unspecified atom stereocenters. The first-order valence-electron chi connectivity index (χ1n) is 7.01. The molecule has 0 saturated heterocycles. The largest absolute Gasteiger partial charge is 0.361 e. The number of alkyl halides is 2. The van der Waals surface area contributed by atoms with Gasteiger partial charge in [0.15, 0.2) is 0 Å². The number of carbonyl (C=O) groups excluding carboxylic acids is 1. The van der Waals surface area contributed by atoms with E-state index in [0.29, 0.717) is 22.3 Å². The van der Waals surface area contributed by atoms with Crippen molar-refractivity contribution < 1.29 is 13.6 Å². The van der Waals surface area contributed by atoms with Gasteiger partial charge in [0.25, 0.3) is 5.76 Å². The van der Waals surface area contributed by atoms with E-state index in [2.05, 4.69) is 10.3 Å². The molecule has 0 bridgehead atoms. The van der Waals surface area contributed by atoms with Crippen LogP contribution in [0.1, 0.15) is 5.56 Å². The molecule has 118 valence electrons. The lowest BCUT2D eigenvalue weighted by Gasteiger charge is -2.06. The molecule has 0 atom stereocenters. The van der Waals surface area contributed by atoms with Crippen molar-refractivity contribution in [1.82, 2.24) is 4.98 Å². The molecule has 1 heterocycles. The summed E-state index contributed by atoms with van der Waals surface area (Å²) in [5, 5.41) is 3.80. The summed E-state index contributed by atoms with van der Waals surface area (Å²) in [7, 11) is 0. The number of hydrogen-bond donors (Lipinski definition) is 2. The van der Waals surface area contributed by atoms with Crippen molar-refractivity contribution in [3.05, 3.63) is 60.3 Å². The third kappa shape index (κ3) is 3.90. The Hall–Kier alpha value is -2.34. The Morgan fingerprint density at radius 2 is 1.87 bits per heavy atom. The van der Waals surface area contributed by atoms with Crippen molar-refractivity contribution in [3.63, 3.8) is 0 Å². The Labute approximate surface area is 136 Å². The molecule has 3 nitrogen and oxygen atoms in total. The minimum Gasteiger partial charge on any atom is -0.361 e. The first-order valence-corrected chi connectivity index (χ1v) is 7.89. The Balaban J connectivity index is 1.65. The second-order valence-corrected chi connectivity index (χ2v) is 6.05. The van der Waals surface area contributed by atoms with Crippen molar-refractivity contribution in [2.24, 2.45) is 0 Å². The first kappa shape index (κ1) is 15.6. The van der Waals surface area contributed by atoms with Crippen LogP contribution in [0.3, 0.4) is 0 Å². The molecule has 3 aromatic rings. The average molecular weight is 332 g/mol. The number of amides is 1. The highest BCUT2D eigenvalue weighted by atomic mass is 32.2. The van der Waals surface area contributed by atoms with Gasteiger partial charge in [0, 0.05) is 27.7 Å². The van der Waals surface area contributed by atoms with E-state index in [9.17, 15) is 13.6 Å². The van der Waals surface area contributed by atoms with Crippen LogP contribution < -0.4 is 5.32 Å². The molecule has 23 heavy (non-hydrogen) atoms. The number of nitrogens with one attached hydrogen (secondary N) is 2. The molecule has 2 N–H and O–H groups in total. The predicted molar refractivity (Wildman–Crippen MR) is 88.9 cm³/mol. The predicted octanol–water partition coefficient (Wildman–Crippen LogP) is 4.66. The van der Waals surface area contributed by atoms with Gasteiger partial charge in [0.1, 0.15) is 0 Å². The van der Waals surface area contributed by atoms with E-state index in [1.807, 2.05) is 30.5 Å². The van der Waals surface area contributed by atoms with E-state index in [4.69, 9.17) is 0 Å². The molecular formula is C17H14F2N2OS. The van der Waals surface area contributed by atoms with Crippen LogP contribution in [0.4, 0.5) is 14.5 Å². The topological polar surface area (TPSA) is 44.9 Å². The van der Waals surface area contributed by atoms with Crippen LogP contribution in [-0.4, -0.2) is 16.6 Å². The molecule has 0 aliphatic carbocycles. The molecule has 0 aliphatic heterocycles. The van der Waals surface area contributed by atoms with Crippen molar-refractivity contribution in [3.8, 4) is 0 Å². The highest BCUT2D eigenvalue weighted by molar-refractivity contribution is 7.99. The van der Waals surface area contributed by atoms with Gasteiger partial charge in [-0.2, -0.15) is 8.78 Å². The normalized spacial score (nSPS) is 11.1. The third-order valence-corrected chi connectivity index (χ3v) is 4.11. The maximum absolute atomic E-state index is 12.3. The zero-order valence-corrected chi connectivity index (χ0v) is 12.9. The quantitative estimate of drug-likeness (QED) is 0.667. The lowest BCUT2D eigenvalue weighted by Crippen LogP contribution is -2.14. The van der Waals surface area contributed by atoms with Crippen LogP contribution >= 0.6 is 11.8 Å². The summed E-state index contributed by atoms with van der Waals surface area (Å²) in [5.41, 5.74) is 2.50. The summed E-state index contributed by atoms with van der Waals surface area (Å²) in [4.78, 5) is 15.7. The third-order valence-electron chi connectivity index (χ3n) is 3.39. The molecule has 1 amide bonds. The highest BCUT2D eigenvalue weighted by Gasteiger charge is 2.09. The molecule has 0 radical (unpaired) electrons. The highest BCUT2D eigenvalue weighted by Crippen LogP contribution is 2.26. The Bertz CT molecular complexity index is 815. The summed E-state index contributed by atoms with van der Waals surface area (Å²) >= 11 is 0.481. The van der Waals surface area contributed by atoms with E-state index < -0.39 is 5.76 Å². The molecule has 0 fully saturated rings. The summed E-state index contributed by atoms with van der Waals surface area (Å²) < 4.78 is 24.5. The molecular weight excluding hydrogens is 318 g/mol. The Morgan fingerprint density at radius 1 is 1.13 bits per heavy atom. The summed E-state index contributed by atoms with van der Waals surface area (Å²) in [6.07, 6.45) is 2.07. The van der Waals surface area contributed by atoms with Crippen LogP contribution in [0.25, 0.3) is 10.9 Å².